The third-order valence-electron chi connectivity index (χ3n) is 2.90. The van der Waals surface area contributed by atoms with E-state index in [9.17, 15) is 0 Å². The zero-order chi connectivity index (χ0) is 13.1. The van der Waals surface area contributed by atoms with Crippen molar-refractivity contribution in [2.24, 2.45) is 11.5 Å². The van der Waals surface area contributed by atoms with Crippen molar-refractivity contribution in [2.75, 3.05) is 0 Å². The van der Waals surface area contributed by atoms with Gasteiger partial charge >= 0.3 is 0 Å². The monoisotopic (exact) mass is 280 g/mol. The van der Waals surface area contributed by atoms with Crippen LogP contribution in [0.25, 0.3) is 0 Å². The molecule has 2 aromatic carbocycles. The van der Waals surface area contributed by atoms with Crippen LogP contribution < -0.4 is 11.5 Å². The predicted molar refractivity (Wildman–Crippen MR) is 76.8 cm³/mol. The highest BCUT2D eigenvalue weighted by Gasteiger charge is 2.17. The molecule has 2 atom stereocenters. The summed E-state index contributed by atoms with van der Waals surface area (Å²) in [6.07, 6.45) is 0. The second kappa shape index (κ2) is 5.72. The van der Waals surface area contributed by atoms with Crippen LogP contribution in [0.4, 0.5) is 0 Å². The van der Waals surface area contributed by atoms with E-state index in [2.05, 4.69) is 0 Å². The summed E-state index contributed by atoms with van der Waals surface area (Å²) >= 11 is 11.7. The summed E-state index contributed by atoms with van der Waals surface area (Å²) in [6, 6.07) is 14.3. The molecule has 4 N–H and O–H groups in total. The summed E-state index contributed by atoms with van der Waals surface area (Å²) in [6.45, 7) is 0. The van der Waals surface area contributed by atoms with Gasteiger partial charge in [0.15, 0.2) is 0 Å². The van der Waals surface area contributed by atoms with Crippen LogP contribution in [0.2, 0.25) is 10.0 Å². The molecule has 4 heteroatoms. The first-order chi connectivity index (χ1) is 8.58. The lowest BCUT2D eigenvalue weighted by atomic mass is 9.95. The molecule has 0 aliphatic carbocycles. The highest BCUT2D eigenvalue weighted by atomic mass is 35.5. The fourth-order valence-electron chi connectivity index (χ4n) is 1.78. The molecule has 0 fully saturated rings. The smallest absolute Gasteiger partial charge is 0.0491 e. The van der Waals surface area contributed by atoms with Gasteiger partial charge in [0.2, 0.25) is 0 Å². The topological polar surface area (TPSA) is 52.0 Å². The summed E-state index contributed by atoms with van der Waals surface area (Å²) in [4.78, 5) is 0. The Morgan fingerprint density at radius 1 is 0.611 bits per heavy atom. The van der Waals surface area contributed by atoms with E-state index in [0.717, 1.165) is 11.1 Å². The number of halogens is 2. The molecule has 0 saturated carbocycles. The predicted octanol–water partition coefficient (Wildman–Crippen LogP) is 3.69. The van der Waals surface area contributed by atoms with E-state index in [1.54, 1.807) is 0 Å². The second-order valence-electron chi connectivity index (χ2n) is 4.15. The van der Waals surface area contributed by atoms with Gasteiger partial charge in [-0.15, -0.1) is 0 Å². The average molecular weight is 281 g/mol. The highest BCUT2D eigenvalue weighted by Crippen LogP contribution is 2.26. The van der Waals surface area contributed by atoms with Crippen LogP contribution in [0, 0.1) is 0 Å². The van der Waals surface area contributed by atoms with E-state index in [4.69, 9.17) is 34.7 Å². The minimum atomic E-state index is -0.275. The third kappa shape index (κ3) is 3.03. The maximum Gasteiger partial charge on any atom is 0.0491 e. The molecule has 0 radical (unpaired) electrons. The minimum absolute atomic E-state index is 0.275. The molecular weight excluding hydrogens is 267 g/mol. The van der Waals surface area contributed by atoms with E-state index in [0.29, 0.717) is 10.0 Å². The molecule has 94 valence electrons. The van der Waals surface area contributed by atoms with Crippen molar-refractivity contribution in [3.05, 3.63) is 69.7 Å². The first kappa shape index (κ1) is 13.4. The maximum absolute atomic E-state index is 6.16. The largest absolute Gasteiger partial charge is 0.322 e. The Morgan fingerprint density at radius 3 is 1.17 bits per heavy atom. The average Bonchev–Trinajstić information content (AvgIpc) is 2.39. The minimum Gasteiger partial charge on any atom is -0.322 e. The van der Waals surface area contributed by atoms with E-state index < -0.39 is 0 Å². The first-order valence-corrected chi connectivity index (χ1v) is 6.35. The summed E-state index contributed by atoms with van der Waals surface area (Å²) in [5.41, 5.74) is 14.2. The Bertz CT molecular complexity index is 459. The van der Waals surface area contributed by atoms with Gasteiger partial charge in [-0.3, -0.25) is 0 Å². The number of nitrogens with two attached hydrogens (primary N) is 2. The number of rotatable bonds is 3. The van der Waals surface area contributed by atoms with E-state index >= 15 is 0 Å². The molecule has 0 amide bonds. The first-order valence-electron chi connectivity index (χ1n) is 5.60. The van der Waals surface area contributed by atoms with Crippen LogP contribution >= 0.6 is 23.2 Å². The van der Waals surface area contributed by atoms with E-state index in [1.807, 2.05) is 48.5 Å². The van der Waals surface area contributed by atoms with Gasteiger partial charge in [0, 0.05) is 22.1 Å². The molecule has 2 rings (SSSR count). The Morgan fingerprint density at radius 2 is 0.889 bits per heavy atom. The number of hydrogen-bond acceptors (Lipinski definition) is 2. The Kier molecular flexibility index (Phi) is 4.25. The van der Waals surface area contributed by atoms with Crippen molar-refractivity contribution in [1.29, 1.82) is 0 Å². The van der Waals surface area contributed by atoms with Crippen molar-refractivity contribution in [3.63, 3.8) is 0 Å². The van der Waals surface area contributed by atoms with Crippen molar-refractivity contribution >= 4 is 23.2 Å². The van der Waals surface area contributed by atoms with Crippen LogP contribution in [-0.2, 0) is 0 Å². The van der Waals surface area contributed by atoms with Gasteiger partial charge in [-0.25, -0.2) is 0 Å². The summed E-state index contributed by atoms with van der Waals surface area (Å²) < 4.78 is 0. The van der Waals surface area contributed by atoms with Gasteiger partial charge in [-0.1, -0.05) is 47.5 Å². The third-order valence-corrected chi connectivity index (χ3v) is 3.40. The van der Waals surface area contributed by atoms with Crippen molar-refractivity contribution in [1.82, 2.24) is 0 Å². The van der Waals surface area contributed by atoms with Crippen LogP contribution in [0.15, 0.2) is 48.5 Å². The molecule has 2 nitrogen and oxygen atoms in total. The van der Waals surface area contributed by atoms with Crippen LogP contribution in [0.5, 0.6) is 0 Å². The van der Waals surface area contributed by atoms with Gasteiger partial charge in [0.05, 0.1) is 0 Å². The summed E-state index contributed by atoms with van der Waals surface area (Å²) in [5, 5.41) is 1.37. The molecule has 2 aromatic rings. The lowest BCUT2D eigenvalue weighted by Gasteiger charge is -2.20. The normalized spacial score (nSPS) is 14.2. The van der Waals surface area contributed by atoms with Crippen LogP contribution in [0.1, 0.15) is 23.2 Å². The van der Waals surface area contributed by atoms with Gasteiger partial charge in [-0.05, 0) is 35.4 Å². The Hall–Kier alpha value is -1.06. The Balaban J connectivity index is 2.20. The van der Waals surface area contributed by atoms with Crippen LogP contribution in [0.3, 0.4) is 0 Å². The molecule has 2 unspecified atom stereocenters. The van der Waals surface area contributed by atoms with Crippen molar-refractivity contribution in [3.8, 4) is 0 Å². The summed E-state index contributed by atoms with van der Waals surface area (Å²) in [5.74, 6) is 0. The van der Waals surface area contributed by atoms with Crippen molar-refractivity contribution < 1.29 is 0 Å². The molecule has 18 heavy (non-hydrogen) atoms. The lowest BCUT2D eigenvalue weighted by Crippen LogP contribution is -2.26. The fraction of sp³-hybridized carbons (Fsp3) is 0.143. The molecule has 0 bridgehead atoms. The zero-order valence-corrected chi connectivity index (χ0v) is 11.2. The van der Waals surface area contributed by atoms with E-state index in [-0.39, 0.29) is 12.1 Å². The van der Waals surface area contributed by atoms with Gasteiger partial charge in [-0.2, -0.15) is 0 Å². The van der Waals surface area contributed by atoms with Gasteiger partial charge in [0.25, 0.3) is 0 Å². The fourth-order valence-corrected chi connectivity index (χ4v) is 2.04. The quantitative estimate of drug-likeness (QED) is 0.901. The molecule has 0 aromatic heterocycles. The Labute approximate surface area is 117 Å². The second-order valence-corrected chi connectivity index (χ2v) is 5.03. The number of benzene rings is 2. The molecular formula is C14H14Cl2N2. The zero-order valence-electron chi connectivity index (χ0n) is 9.68. The molecule has 0 saturated heterocycles. The summed E-state index contributed by atoms with van der Waals surface area (Å²) in [7, 11) is 0. The molecule has 0 aliphatic rings. The van der Waals surface area contributed by atoms with Gasteiger partial charge < -0.3 is 11.5 Å². The molecule has 0 heterocycles. The van der Waals surface area contributed by atoms with Crippen LogP contribution in [-0.4, -0.2) is 0 Å². The molecule has 0 aliphatic heterocycles. The SMILES string of the molecule is NC(c1ccc(Cl)cc1)C(N)c1ccc(Cl)cc1. The standard InChI is InChI=1S/C14H14Cl2N2/c15-11-5-1-9(2-6-11)13(17)14(18)10-3-7-12(16)8-4-10/h1-8,13-14H,17-18H2. The van der Waals surface area contributed by atoms with E-state index in [1.165, 1.54) is 0 Å². The molecule has 0 spiro atoms. The van der Waals surface area contributed by atoms with Crippen molar-refractivity contribution in [2.45, 2.75) is 12.1 Å². The maximum atomic E-state index is 6.16. The number of hydrogen-bond donors (Lipinski definition) is 2. The highest BCUT2D eigenvalue weighted by molar-refractivity contribution is 6.30. The van der Waals surface area contributed by atoms with Gasteiger partial charge in [0.1, 0.15) is 0 Å². The lowest BCUT2D eigenvalue weighted by molar-refractivity contribution is 0.574.